The zero-order valence-corrected chi connectivity index (χ0v) is 13.8. The van der Waals surface area contributed by atoms with E-state index in [2.05, 4.69) is 4.90 Å². The first kappa shape index (κ1) is 16.3. The van der Waals surface area contributed by atoms with Crippen LogP contribution in [0, 0.1) is 0 Å². The highest BCUT2D eigenvalue weighted by Gasteiger charge is 2.19. The van der Waals surface area contributed by atoms with E-state index in [4.69, 9.17) is 27.9 Å². The van der Waals surface area contributed by atoms with Crippen LogP contribution in [0.2, 0.25) is 10.0 Å². The summed E-state index contributed by atoms with van der Waals surface area (Å²) in [7, 11) is 2.00. The molecule has 1 aliphatic heterocycles. The van der Waals surface area contributed by atoms with Gasteiger partial charge in [0.25, 0.3) is 0 Å². The van der Waals surface area contributed by atoms with Crippen LogP contribution in [0.4, 0.5) is 0 Å². The third kappa shape index (κ3) is 4.22. The highest BCUT2D eigenvalue weighted by molar-refractivity contribution is 6.37. The molecule has 1 aromatic rings. The normalized spacial score (nSPS) is 18.3. The van der Waals surface area contributed by atoms with Crippen molar-refractivity contribution in [3.63, 3.8) is 0 Å². The van der Waals surface area contributed by atoms with Crippen LogP contribution in [0.1, 0.15) is 25.3 Å². The first-order valence-corrected chi connectivity index (χ1v) is 7.81. The molecule has 1 saturated heterocycles. The van der Waals surface area contributed by atoms with Crippen LogP contribution < -0.4 is 4.74 Å². The monoisotopic (exact) mass is 327 g/mol. The maximum absolute atomic E-state index is 11.9. The van der Waals surface area contributed by atoms with Crippen molar-refractivity contribution < 1.29 is 9.53 Å². The minimum atomic E-state index is 0.187. The first-order chi connectivity index (χ1) is 10.0. The molecule has 0 N–H and O–H groups in total. The average molecular weight is 328 g/mol. The Morgan fingerprint density at radius 2 is 2.00 bits per heavy atom. The number of ether oxygens (including phenoxy) is 1. The fourth-order valence-corrected chi connectivity index (χ4v) is 2.86. The number of likely N-dealkylation sites (N-methyl/N-ethyl adjacent to an activating group) is 1. The molecule has 5 heteroatoms. The third-order valence-electron chi connectivity index (χ3n) is 3.33. The molecule has 114 valence electrons. The van der Waals surface area contributed by atoms with Crippen molar-refractivity contribution in [2.45, 2.75) is 19.8 Å². The van der Waals surface area contributed by atoms with Crippen LogP contribution in [-0.4, -0.2) is 37.4 Å². The standard InChI is InChI=1S/C16H19Cl2NO2/c1-3-6-21-16-13(17)8-11(9-14(16)18)7-12-10-19(2)5-4-15(12)20/h7-9H,3-6,10H2,1-2H3/b12-7+. The van der Waals surface area contributed by atoms with Gasteiger partial charge in [0.05, 0.1) is 16.7 Å². The minimum absolute atomic E-state index is 0.187. The third-order valence-corrected chi connectivity index (χ3v) is 3.89. The second-order valence-electron chi connectivity index (χ2n) is 5.24. The molecule has 0 radical (unpaired) electrons. The Kier molecular flexibility index (Phi) is 5.68. The summed E-state index contributed by atoms with van der Waals surface area (Å²) in [4.78, 5) is 14.1. The van der Waals surface area contributed by atoms with Gasteiger partial charge >= 0.3 is 0 Å². The lowest BCUT2D eigenvalue weighted by Crippen LogP contribution is -2.32. The van der Waals surface area contributed by atoms with Gasteiger partial charge in [-0.2, -0.15) is 0 Å². The SMILES string of the molecule is CCCOc1c(Cl)cc(/C=C2\CN(C)CCC2=O)cc1Cl. The Balaban J connectivity index is 2.26. The summed E-state index contributed by atoms with van der Waals surface area (Å²) in [6.07, 6.45) is 3.31. The van der Waals surface area contributed by atoms with Gasteiger partial charge in [0.2, 0.25) is 0 Å². The second-order valence-corrected chi connectivity index (χ2v) is 6.06. The molecule has 0 aliphatic carbocycles. The molecule has 0 bridgehead atoms. The summed E-state index contributed by atoms with van der Waals surface area (Å²) >= 11 is 12.4. The Morgan fingerprint density at radius 3 is 2.62 bits per heavy atom. The Labute approximate surface area is 135 Å². The summed E-state index contributed by atoms with van der Waals surface area (Å²) in [5.41, 5.74) is 1.62. The van der Waals surface area contributed by atoms with Gasteiger partial charge in [-0.3, -0.25) is 4.79 Å². The Hall–Kier alpha value is -1.03. The van der Waals surface area contributed by atoms with Crippen molar-refractivity contribution in [1.29, 1.82) is 0 Å². The van der Waals surface area contributed by atoms with Gasteiger partial charge in [-0.25, -0.2) is 0 Å². The van der Waals surface area contributed by atoms with Gasteiger partial charge in [0, 0.05) is 25.1 Å². The Morgan fingerprint density at radius 1 is 1.33 bits per heavy atom. The quantitative estimate of drug-likeness (QED) is 0.780. The molecule has 2 rings (SSSR count). The van der Waals surface area contributed by atoms with Crippen molar-refractivity contribution >= 4 is 35.1 Å². The van der Waals surface area contributed by atoms with Crippen molar-refractivity contribution in [1.82, 2.24) is 4.90 Å². The molecule has 3 nitrogen and oxygen atoms in total. The first-order valence-electron chi connectivity index (χ1n) is 7.05. The van der Waals surface area contributed by atoms with E-state index in [1.165, 1.54) is 0 Å². The summed E-state index contributed by atoms with van der Waals surface area (Å²) in [5.74, 6) is 0.695. The minimum Gasteiger partial charge on any atom is -0.490 e. The van der Waals surface area contributed by atoms with Gasteiger partial charge in [-0.1, -0.05) is 30.1 Å². The smallest absolute Gasteiger partial charge is 0.161 e. The van der Waals surface area contributed by atoms with E-state index in [0.29, 0.717) is 35.4 Å². The lowest BCUT2D eigenvalue weighted by atomic mass is 10.0. The van der Waals surface area contributed by atoms with Crippen LogP contribution >= 0.6 is 23.2 Å². The average Bonchev–Trinajstić information content (AvgIpc) is 2.42. The van der Waals surface area contributed by atoms with Gasteiger partial charge in [-0.05, 0) is 37.2 Å². The summed E-state index contributed by atoms with van der Waals surface area (Å²) in [5, 5.41) is 0.943. The predicted molar refractivity (Wildman–Crippen MR) is 87.3 cm³/mol. The van der Waals surface area contributed by atoms with Crippen LogP contribution in [-0.2, 0) is 4.79 Å². The van der Waals surface area contributed by atoms with Crippen molar-refractivity contribution in [2.75, 3.05) is 26.7 Å². The molecule has 0 unspecified atom stereocenters. The van der Waals surface area contributed by atoms with Crippen LogP contribution in [0.3, 0.4) is 0 Å². The molecule has 21 heavy (non-hydrogen) atoms. The predicted octanol–water partition coefficient (Wildman–Crippen LogP) is 4.07. The molecule has 0 saturated carbocycles. The molecule has 0 atom stereocenters. The zero-order valence-electron chi connectivity index (χ0n) is 12.3. The fourth-order valence-electron chi connectivity index (χ4n) is 2.24. The number of nitrogens with zero attached hydrogens (tertiary/aromatic N) is 1. The van der Waals surface area contributed by atoms with Gasteiger partial charge < -0.3 is 9.64 Å². The number of benzene rings is 1. The second kappa shape index (κ2) is 7.30. The molecular formula is C16H19Cl2NO2. The molecule has 0 spiro atoms. The molecular weight excluding hydrogens is 309 g/mol. The van der Waals surface area contributed by atoms with E-state index >= 15 is 0 Å². The number of carbonyl (C=O) groups is 1. The lowest BCUT2D eigenvalue weighted by molar-refractivity contribution is -0.117. The number of ketones is 1. The van der Waals surface area contributed by atoms with Gasteiger partial charge in [0.15, 0.2) is 11.5 Å². The summed E-state index contributed by atoms with van der Waals surface area (Å²) < 4.78 is 5.54. The van der Waals surface area contributed by atoms with E-state index in [-0.39, 0.29) is 5.78 Å². The van der Waals surface area contributed by atoms with Crippen molar-refractivity contribution in [2.24, 2.45) is 0 Å². The van der Waals surface area contributed by atoms with Crippen LogP contribution in [0.15, 0.2) is 17.7 Å². The number of likely N-dealkylation sites (tertiary alicyclic amines) is 1. The lowest BCUT2D eigenvalue weighted by Gasteiger charge is -2.23. The maximum atomic E-state index is 11.9. The number of piperidine rings is 1. The number of Topliss-reactive ketones (excluding diaryl/α,β-unsaturated/α-hetero) is 1. The number of halogens is 2. The summed E-state index contributed by atoms with van der Waals surface area (Å²) in [6.45, 7) is 4.05. The highest BCUT2D eigenvalue weighted by Crippen LogP contribution is 2.35. The highest BCUT2D eigenvalue weighted by atomic mass is 35.5. The maximum Gasteiger partial charge on any atom is 0.161 e. The number of hydrogen-bond acceptors (Lipinski definition) is 3. The van der Waals surface area contributed by atoms with Crippen molar-refractivity contribution in [3.8, 4) is 5.75 Å². The number of carbonyl (C=O) groups excluding carboxylic acids is 1. The van der Waals surface area contributed by atoms with Crippen LogP contribution in [0.25, 0.3) is 6.08 Å². The zero-order chi connectivity index (χ0) is 15.4. The topological polar surface area (TPSA) is 29.5 Å². The molecule has 0 aromatic heterocycles. The van der Waals surface area contributed by atoms with Crippen LogP contribution in [0.5, 0.6) is 5.75 Å². The van der Waals surface area contributed by atoms with Gasteiger partial charge in [0.1, 0.15) is 0 Å². The van der Waals surface area contributed by atoms with E-state index in [1.807, 2.05) is 20.0 Å². The molecule has 1 aliphatic rings. The Bertz CT molecular complexity index is 546. The van der Waals surface area contributed by atoms with Crippen molar-refractivity contribution in [3.05, 3.63) is 33.3 Å². The molecule has 0 amide bonds. The number of rotatable bonds is 4. The van der Waals surface area contributed by atoms with Gasteiger partial charge in [-0.15, -0.1) is 0 Å². The van der Waals surface area contributed by atoms with E-state index in [9.17, 15) is 4.79 Å². The van der Waals surface area contributed by atoms with E-state index < -0.39 is 0 Å². The largest absolute Gasteiger partial charge is 0.490 e. The van der Waals surface area contributed by atoms with E-state index in [0.717, 1.165) is 24.1 Å². The van der Waals surface area contributed by atoms with E-state index in [1.54, 1.807) is 12.1 Å². The fraction of sp³-hybridized carbons (Fsp3) is 0.438. The number of hydrogen-bond donors (Lipinski definition) is 0. The summed E-state index contributed by atoms with van der Waals surface area (Å²) in [6, 6.07) is 3.57. The molecule has 1 aromatic carbocycles. The molecule has 1 fully saturated rings. The molecule has 1 heterocycles.